The Bertz CT molecular complexity index is 1330. The third-order valence-electron chi connectivity index (χ3n) is 5.98. The van der Waals surface area contributed by atoms with E-state index in [9.17, 15) is 9.59 Å². The average Bonchev–Trinajstić information content (AvgIpc) is 3.28. The van der Waals surface area contributed by atoms with Gasteiger partial charge in [-0.25, -0.2) is 4.98 Å². The summed E-state index contributed by atoms with van der Waals surface area (Å²) in [7, 11) is 0. The van der Waals surface area contributed by atoms with Crippen LogP contribution in [-0.4, -0.2) is 41.9 Å². The number of nitrogens with zero attached hydrogens (tertiary/aromatic N) is 4. The largest absolute Gasteiger partial charge is 0.356 e. The minimum Gasteiger partial charge on any atom is -0.356 e. The van der Waals surface area contributed by atoms with Gasteiger partial charge < -0.3 is 9.88 Å². The summed E-state index contributed by atoms with van der Waals surface area (Å²) in [6.07, 6.45) is 0.912. The summed E-state index contributed by atoms with van der Waals surface area (Å²) in [5, 5.41) is 4.16. The van der Waals surface area contributed by atoms with Crippen LogP contribution in [0.3, 0.4) is 0 Å². The van der Waals surface area contributed by atoms with E-state index in [1.807, 2.05) is 24.0 Å². The molecule has 1 aliphatic heterocycles. The van der Waals surface area contributed by atoms with Crippen molar-refractivity contribution in [3.63, 3.8) is 0 Å². The van der Waals surface area contributed by atoms with Gasteiger partial charge in [-0.2, -0.15) is 9.50 Å². The molecule has 1 aliphatic rings. The Morgan fingerprint density at radius 3 is 2.86 bits per heavy atom. The van der Waals surface area contributed by atoms with Crippen molar-refractivity contribution in [1.82, 2.24) is 29.5 Å². The Hall–Kier alpha value is -3.42. The Balaban J connectivity index is 1.43. The van der Waals surface area contributed by atoms with Gasteiger partial charge in [0.1, 0.15) is 5.82 Å². The van der Waals surface area contributed by atoms with Crippen molar-refractivity contribution in [2.24, 2.45) is 0 Å². The molecular formula is C21H22N6O2. The molecule has 2 N–H and O–H groups in total. The molecule has 4 aromatic rings. The number of aromatic amines is 2. The second-order valence-corrected chi connectivity index (χ2v) is 7.69. The fourth-order valence-electron chi connectivity index (χ4n) is 4.24. The van der Waals surface area contributed by atoms with Crippen LogP contribution in [0.5, 0.6) is 0 Å². The van der Waals surface area contributed by atoms with Gasteiger partial charge in [-0.1, -0.05) is 18.2 Å². The molecule has 0 bridgehead atoms. The molecule has 8 heteroatoms. The third kappa shape index (κ3) is 2.66. The molecule has 5 rings (SSSR count). The highest BCUT2D eigenvalue weighted by atomic mass is 16.2. The van der Waals surface area contributed by atoms with E-state index < -0.39 is 0 Å². The highest BCUT2D eigenvalue weighted by Gasteiger charge is 2.30. The first-order valence-corrected chi connectivity index (χ1v) is 9.78. The summed E-state index contributed by atoms with van der Waals surface area (Å²) in [4.78, 5) is 39.5. The highest BCUT2D eigenvalue weighted by molar-refractivity contribution is 5.86. The van der Waals surface area contributed by atoms with E-state index in [0.29, 0.717) is 29.4 Å². The van der Waals surface area contributed by atoms with Gasteiger partial charge in [-0.05, 0) is 38.8 Å². The lowest BCUT2D eigenvalue weighted by Crippen LogP contribution is -2.39. The zero-order valence-corrected chi connectivity index (χ0v) is 16.6. The van der Waals surface area contributed by atoms with E-state index in [1.165, 1.54) is 15.5 Å². The normalized spacial score (nSPS) is 16.5. The predicted octanol–water partition coefficient (Wildman–Crippen LogP) is 2.20. The molecule has 0 unspecified atom stereocenters. The third-order valence-corrected chi connectivity index (χ3v) is 5.98. The summed E-state index contributed by atoms with van der Waals surface area (Å²) >= 11 is 0. The summed E-state index contributed by atoms with van der Waals surface area (Å²) in [6.45, 7) is 6.22. The molecule has 1 aromatic carbocycles. The maximum Gasteiger partial charge on any atom is 0.277 e. The second kappa shape index (κ2) is 6.30. The van der Waals surface area contributed by atoms with Crippen molar-refractivity contribution in [2.75, 3.05) is 6.54 Å². The Morgan fingerprint density at radius 2 is 2.03 bits per heavy atom. The van der Waals surface area contributed by atoms with Gasteiger partial charge >= 0.3 is 0 Å². The number of hydrogen-bond donors (Lipinski definition) is 2. The first-order valence-electron chi connectivity index (χ1n) is 9.78. The van der Waals surface area contributed by atoms with Gasteiger partial charge in [0.2, 0.25) is 5.91 Å². The van der Waals surface area contributed by atoms with Crippen LogP contribution >= 0.6 is 0 Å². The highest BCUT2D eigenvalue weighted by Crippen LogP contribution is 2.34. The fourth-order valence-corrected chi connectivity index (χ4v) is 4.24. The number of benzene rings is 1. The summed E-state index contributed by atoms with van der Waals surface area (Å²) in [5.41, 5.74) is 4.53. The number of rotatable bonds is 2. The number of hydrogen-bond acceptors (Lipinski definition) is 4. The second-order valence-electron chi connectivity index (χ2n) is 7.69. The molecule has 0 saturated carbocycles. The van der Waals surface area contributed by atoms with Gasteiger partial charge in [0, 0.05) is 34.4 Å². The number of H-pyrrole nitrogens is 2. The van der Waals surface area contributed by atoms with Crippen molar-refractivity contribution in [1.29, 1.82) is 0 Å². The van der Waals surface area contributed by atoms with Crippen molar-refractivity contribution in [3.05, 3.63) is 63.0 Å². The van der Waals surface area contributed by atoms with Crippen LogP contribution < -0.4 is 5.56 Å². The Kier molecular flexibility index (Phi) is 3.84. The molecule has 0 radical (unpaired) electrons. The summed E-state index contributed by atoms with van der Waals surface area (Å²) < 4.78 is 1.31. The van der Waals surface area contributed by atoms with E-state index in [0.717, 1.165) is 17.6 Å². The SMILES string of the molecule is Cc1nc2nc(CC(=O)N3CCc4c([nH]c5ccccc45)[C@H]3C)[nH]n2c(=O)c1C. The number of para-hydroxylation sites is 1. The van der Waals surface area contributed by atoms with E-state index in [4.69, 9.17) is 0 Å². The summed E-state index contributed by atoms with van der Waals surface area (Å²) in [5.74, 6) is 0.715. The average molecular weight is 390 g/mol. The van der Waals surface area contributed by atoms with Crippen molar-refractivity contribution >= 4 is 22.6 Å². The van der Waals surface area contributed by atoms with Gasteiger partial charge in [-0.3, -0.25) is 14.7 Å². The lowest BCUT2D eigenvalue weighted by atomic mass is 9.98. The zero-order chi connectivity index (χ0) is 20.3. The molecule has 148 valence electrons. The molecule has 3 aromatic heterocycles. The maximum absolute atomic E-state index is 13.0. The minimum absolute atomic E-state index is 0.0256. The van der Waals surface area contributed by atoms with Gasteiger partial charge in [0.25, 0.3) is 11.3 Å². The van der Waals surface area contributed by atoms with Crippen LogP contribution in [0.2, 0.25) is 0 Å². The lowest BCUT2D eigenvalue weighted by molar-refractivity contribution is -0.133. The number of fused-ring (bicyclic) bond motifs is 4. The Morgan fingerprint density at radius 1 is 1.24 bits per heavy atom. The molecule has 4 heterocycles. The van der Waals surface area contributed by atoms with Crippen LogP contribution in [0.1, 0.15) is 41.3 Å². The maximum atomic E-state index is 13.0. The number of carbonyl (C=O) groups is 1. The van der Waals surface area contributed by atoms with Crippen LogP contribution in [0.4, 0.5) is 0 Å². The number of carbonyl (C=O) groups excluding carboxylic acids is 1. The molecule has 0 spiro atoms. The van der Waals surface area contributed by atoms with Gasteiger partial charge in [0.15, 0.2) is 0 Å². The van der Waals surface area contributed by atoms with Crippen molar-refractivity contribution in [2.45, 2.75) is 39.7 Å². The van der Waals surface area contributed by atoms with Crippen molar-refractivity contribution < 1.29 is 4.79 Å². The smallest absolute Gasteiger partial charge is 0.277 e. The molecule has 0 saturated heterocycles. The van der Waals surface area contributed by atoms with E-state index in [1.54, 1.807) is 13.8 Å². The Labute approximate surface area is 166 Å². The minimum atomic E-state index is -0.187. The van der Waals surface area contributed by atoms with E-state index >= 15 is 0 Å². The molecule has 0 fully saturated rings. The molecular weight excluding hydrogens is 368 g/mol. The quantitative estimate of drug-likeness (QED) is 0.548. The molecule has 8 nitrogen and oxygen atoms in total. The molecule has 29 heavy (non-hydrogen) atoms. The number of aryl methyl sites for hydroxylation is 1. The lowest BCUT2D eigenvalue weighted by Gasteiger charge is -2.33. The van der Waals surface area contributed by atoms with Gasteiger partial charge in [0.05, 0.1) is 12.5 Å². The predicted molar refractivity (Wildman–Crippen MR) is 109 cm³/mol. The topological polar surface area (TPSA) is 99.2 Å². The number of nitrogens with one attached hydrogen (secondary N) is 2. The van der Waals surface area contributed by atoms with Crippen LogP contribution in [0, 0.1) is 13.8 Å². The standard InChI is InChI=1S/C21H22N6O2/c1-11-12(2)22-21-24-17(25-27(21)20(11)29)10-18(28)26-9-8-15-14-6-4-5-7-16(14)23-19(15)13(26)3/h4-7,13,23H,8-10H2,1-3H3,(H,22,24,25)/t13-/m1/s1. The fraction of sp³-hybridized carbons (Fsp3) is 0.333. The van der Waals surface area contributed by atoms with Crippen LogP contribution in [0.15, 0.2) is 29.1 Å². The number of aromatic nitrogens is 5. The molecule has 1 amide bonds. The first kappa shape index (κ1) is 17.7. The van der Waals surface area contributed by atoms with Gasteiger partial charge in [-0.15, -0.1) is 0 Å². The zero-order valence-electron chi connectivity index (χ0n) is 16.6. The number of amides is 1. The van der Waals surface area contributed by atoms with Crippen LogP contribution in [-0.2, 0) is 17.6 Å². The summed E-state index contributed by atoms with van der Waals surface area (Å²) in [6, 6.07) is 8.19. The molecule has 1 atom stereocenters. The van der Waals surface area contributed by atoms with E-state index in [-0.39, 0.29) is 23.9 Å². The van der Waals surface area contributed by atoms with E-state index in [2.05, 4.69) is 32.2 Å². The van der Waals surface area contributed by atoms with Crippen LogP contribution in [0.25, 0.3) is 16.7 Å². The first-order chi connectivity index (χ1) is 13.9. The van der Waals surface area contributed by atoms with Crippen molar-refractivity contribution in [3.8, 4) is 0 Å². The monoisotopic (exact) mass is 390 g/mol. The molecule has 0 aliphatic carbocycles.